The van der Waals surface area contributed by atoms with Crippen LogP contribution in [0.25, 0.3) is 0 Å². The van der Waals surface area contributed by atoms with Gasteiger partial charge in [-0.1, -0.05) is 0 Å². The van der Waals surface area contributed by atoms with Crippen LogP contribution in [0, 0.1) is 27.7 Å². The van der Waals surface area contributed by atoms with Crippen LogP contribution in [0.3, 0.4) is 0 Å². The highest BCUT2D eigenvalue weighted by Crippen LogP contribution is 2.36. The molecule has 0 bridgehead atoms. The minimum atomic E-state index is -1.09. The second-order valence-electron chi connectivity index (χ2n) is 3.80. The molecule has 0 atom stereocenters. The van der Waals surface area contributed by atoms with Crippen LogP contribution in [-0.2, 0) is 6.42 Å². The van der Waals surface area contributed by atoms with Crippen molar-refractivity contribution < 1.29 is 13.7 Å². The van der Waals surface area contributed by atoms with Gasteiger partial charge in [-0.3, -0.25) is 10.1 Å². The Morgan fingerprint density at radius 2 is 2.07 bits per heavy atom. The largest absolute Gasteiger partial charge is 0.308 e. The summed E-state index contributed by atoms with van der Waals surface area (Å²) < 4.78 is 26.0. The molecule has 1 fully saturated rings. The molecule has 0 spiro atoms. The Kier molecular flexibility index (Phi) is 2.38. The molecule has 0 saturated heterocycles. The first-order chi connectivity index (χ1) is 7.08. The van der Waals surface area contributed by atoms with E-state index in [2.05, 4.69) is 0 Å². The maximum atomic E-state index is 13.2. The molecule has 1 aliphatic rings. The lowest BCUT2D eigenvalue weighted by atomic mass is 10.1. The molecule has 0 N–H and O–H groups in total. The molecular formula is C10H9F2NO2. The second kappa shape index (κ2) is 3.56. The summed E-state index contributed by atoms with van der Waals surface area (Å²) in [4.78, 5) is 9.81. The topological polar surface area (TPSA) is 43.1 Å². The normalized spacial score (nSPS) is 15.3. The van der Waals surface area contributed by atoms with Crippen LogP contribution >= 0.6 is 0 Å². The smallest absolute Gasteiger partial charge is 0.258 e. The van der Waals surface area contributed by atoms with Gasteiger partial charge in [0.15, 0.2) is 0 Å². The predicted molar refractivity (Wildman–Crippen MR) is 49.4 cm³/mol. The summed E-state index contributed by atoms with van der Waals surface area (Å²) in [7, 11) is 0. The lowest BCUT2D eigenvalue weighted by Crippen LogP contribution is -2.01. The summed E-state index contributed by atoms with van der Waals surface area (Å²) in [6.07, 6.45) is 2.36. The first-order valence-corrected chi connectivity index (χ1v) is 4.70. The molecular weight excluding hydrogens is 204 g/mol. The maximum Gasteiger partial charge on any atom is 0.308 e. The van der Waals surface area contributed by atoms with Crippen molar-refractivity contribution >= 4 is 5.69 Å². The van der Waals surface area contributed by atoms with Crippen LogP contribution in [0.15, 0.2) is 12.1 Å². The molecule has 1 aromatic carbocycles. The lowest BCUT2D eigenvalue weighted by Gasteiger charge is -2.02. The Morgan fingerprint density at radius 3 is 2.60 bits per heavy atom. The van der Waals surface area contributed by atoms with E-state index in [9.17, 15) is 18.9 Å². The summed E-state index contributed by atoms with van der Waals surface area (Å²) >= 11 is 0. The highest BCUT2D eigenvalue weighted by atomic mass is 19.1. The third-order valence-electron chi connectivity index (χ3n) is 2.50. The molecule has 1 aromatic rings. The zero-order valence-electron chi connectivity index (χ0n) is 7.87. The Hall–Kier alpha value is -1.52. The molecule has 15 heavy (non-hydrogen) atoms. The van der Waals surface area contributed by atoms with Gasteiger partial charge in [0.25, 0.3) is 0 Å². The number of hydrogen-bond donors (Lipinski definition) is 0. The van der Waals surface area contributed by atoms with Crippen LogP contribution in [0.4, 0.5) is 14.5 Å². The van der Waals surface area contributed by atoms with Gasteiger partial charge in [-0.15, -0.1) is 0 Å². The molecule has 1 aliphatic carbocycles. The van der Waals surface area contributed by atoms with E-state index in [0.717, 1.165) is 18.9 Å². The van der Waals surface area contributed by atoms with Crippen LogP contribution in [0.5, 0.6) is 0 Å². The summed E-state index contributed by atoms with van der Waals surface area (Å²) in [5.74, 6) is -1.49. The van der Waals surface area contributed by atoms with E-state index in [4.69, 9.17) is 0 Å². The fourth-order valence-corrected chi connectivity index (χ4v) is 1.61. The Bertz CT molecular complexity index is 416. The summed E-state index contributed by atoms with van der Waals surface area (Å²) in [5.41, 5.74) is -0.414. The first-order valence-electron chi connectivity index (χ1n) is 4.70. The first kappa shape index (κ1) is 10.0. The van der Waals surface area contributed by atoms with E-state index in [1.54, 1.807) is 0 Å². The van der Waals surface area contributed by atoms with Crippen LogP contribution in [-0.4, -0.2) is 4.92 Å². The quantitative estimate of drug-likeness (QED) is 0.572. The van der Waals surface area contributed by atoms with E-state index in [1.807, 2.05) is 0 Å². The highest BCUT2D eigenvalue weighted by Gasteiger charge is 2.28. The molecule has 0 amide bonds. The predicted octanol–water partition coefficient (Wildman–Crippen LogP) is 2.83. The van der Waals surface area contributed by atoms with Gasteiger partial charge in [0.2, 0.25) is 5.82 Å². The van der Waals surface area contributed by atoms with Gasteiger partial charge in [-0.05, 0) is 31.2 Å². The Balaban J connectivity index is 2.42. The molecule has 5 heteroatoms. The molecule has 0 aliphatic heterocycles. The van der Waals surface area contributed by atoms with Gasteiger partial charge in [0.05, 0.1) is 4.92 Å². The van der Waals surface area contributed by atoms with Crippen molar-refractivity contribution in [1.29, 1.82) is 0 Å². The number of nitro benzene ring substituents is 1. The van der Waals surface area contributed by atoms with E-state index >= 15 is 0 Å². The SMILES string of the molecule is O=[N+]([O-])c1c(F)cc(F)cc1CC1CC1. The number of benzene rings is 1. The molecule has 3 nitrogen and oxygen atoms in total. The molecule has 2 rings (SSSR count). The van der Waals surface area contributed by atoms with Gasteiger partial charge >= 0.3 is 5.69 Å². The average molecular weight is 213 g/mol. The monoisotopic (exact) mass is 213 g/mol. The van der Waals surface area contributed by atoms with E-state index in [0.29, 0.717) is 18.4 Å². The second-order valence-corrected chi connectivity index (χ2v) is 3.80. The minimum absolute atomic E-state index is 0.167. The van der Waals surface area contributed by atoms with Crippen molar-refractivity contribution in [3.63, 3.8) is 0 Å². The van der Waals surface area contributed by atoms with Crippen LogP contribution < -0.4 is 0 Å². The van der Waals surface area contributed by atoms with Gasteiger partial charge in [0, 0.05) is 11.6 Å². The lowest BCUT2D eigenvalue weighted by molar-refractivity contribution is -0.388. The third-order valence-corrected chi connectivity index (χ3v) is 2.50. The zero-order valence-corrected chi connectivity index (χ0v) is 7.87. The number of nitro groups is 1. The van der Waals surface area contributed by atoms with Crippen molar-refractivity contribution in [2.45, 2.75) is 19.3 Å². The summed E-state index contributed by atoms with van der Waals surface area (Å²) in [6, 6.07) is 1.61. The van der Waals surface area contributed by atoms with Crippen molar-refractivity contribution in [3.05, 3.63) is 39.4 Å². The van der Waals surface area contributed by atoms with E-state index in [1.165, 1.54) is 0 Å². The molecule has 0 heterocycles. The number of hydrogen-bond acceptors (Lipinski definition) is 2. The number of rotatable bonds is 3. The van der Waals surface area contributed by atoms with Crippen LogP contribution in [0.1, 0.15) is 18.4 Å². The summed E-state index contributed by atoms with van der Waals surface area (Å²) in [5, 5.41) is 10.6. The van der Waals surface area contributed by atoms with Gasteiger partial charge < -0.3 is 0 Å². The zero-order chi connectivity index (χ0) is 11.0. The highest BCUT2D eigenvalue weighted by molar-refractivity contribution is 5.42. The minimum Gasteiger partial charge on any atom is -0.258 e. The molecule has 0 unspecified atom stereocenters. The molecule has 1 saturated carbocycles. The van der Waals surface area contributed by atoms with Gasteiger partial charge in [-0.2, -0.15) is 4.39 Å². The van der Waals surface area contributed by atoms with Gasteiger partial charge in [0.1, 0.15) is 5.82 Å². The Labute approximate surface area is 84.9 Å². The van der Waals surface area contributed by atoms with Crippen molar-refractivity contribution in [3.8, 4) is 0 Å². The fraction of sp³-hybridized carbons (Fsp3) is 0.400. The average Bonchev–Trinajstić information content (AvgIpc) is 2.85. The van der Waals surface area contributed by atoms with E-state index < -0.39 is 22.2 Å². The Morgan fingerprint density at radius 1 is 1.40 bits per heavy atom. The van der Waals surface area contributed by atoms with Crippen molar-refractivity contribution in [2.24, 2.45) is 5.92 Å². The van der Waals surface area contributed by atoms with Crippen molar-refractivity contribution in [1.82, 2.24) is 0 Å². The maximum absolute atomic E-state index is 13.2. The molecule has 0 aromatic heterocycles. The fourth-order valence-electron chi connectivity index (χ4n) is 1.61. The van der Waals surface area contributed by atoms with Crippen molar-refractivity contribution in [2.75, 3.05) is 0 Å². The standard InChI is InChI=1S/C10H9F2NO2/c11-8-4-7(3-6-1-2-6)10(13(14)15)9(12)5-8/h4-6H,1-3H2. The number of halogens is 2. The molecule has 80 valence electrons. The van der Waals surface area contributed by atoms with Gasteiger partial charge in [-0.25, -0.2) is 4.39 Å². The number of nitrogens with zero attached hydrogens (tertiary/aromatic N) is 1. The summed E-state index contributed by atoms with van der Waals surface area (Å²) in [6.45, 7) is 0. The third kappa shape index (κ3) is 2.11. The van der Waals surface area contributed by atoms with Crippen LogP contribution in [0.2, 0.25) is 0 Å². The van der Waals surface area contributed by atoms with E-state index in [-0.39, 0.29) is 5.56 Å². The molecule has 0 radical (unpaired) electrons.